The summed E-state index contributed by atoms with van der Waals surface area (Å²) in [6.07, 6.45) is 1.44. The summed E-state index contributed by atoms with van der Waals surface area (Å²) in [6, 6.07) is 0. The molecule has 0 amide bonds. The van der Waals surface area contributed by atoms with Gasteiger partial charge in [-0.2, -0.15) is 0 Å². The molecule has 1 aliphatic rings. The molecule has 0 spiro atoms. The lowest BCUT2D eigenvalue weighted by atomic mass is 10.1. The number of rotatable bonds is 2. The van der Waals surface area contributed by atoms with Crippen molar-refractivity contribution < 1.29 is 8.42 Å². The summed E-state index contributed by atoms with van der Waals surface area (Å²) in [5.74, 6) is 1.09. The Morgan fingerprint density at radius 2 is 2.29 bits per heavy atom. The fourth-order valence-corrected chi connectivity index (χ4v) is 4.41. The molecule has 1 saturated heterocycles. The van der Waals surface area contributed by atoms with Gasteiger partial charge in [0, 0.05) is 11.6 Å². The van der Waals surface area contributed by atoms with Gasteiger partial charge in [0.25, 0.3) is 0 Å². The van der Waals surface area contributed by atoms with Gasteiger partial charge in [-0.25, -0.2) is 13.4 Å². The Morgan fingerprint density at radius 1 is 1.59 bits per heavy atom. The van der Waals surface area contributed by atoms with Crippen molar-refractivity contribution in [3.8, 4) is 0 Å². The van der Waals surface area contributed by atoms with Crippen LogP contribution in [-0.4, -0.2) is 29.9 Å². The molecule has 1 aromatic rings. The van der Waals surface area contributed by atoms with Crippen LogP contribution < -0.4 is 0 Å². The second-order valence-corrected chi connectivity index (χ2v) is 7.58. The molecular weight excluding hydrogens is 324 g/mol. The first-order chi connectivity index (χ1) is 7.93. The number of sulfone groups is 1. The van der Waals surface area contributed by atoms with Gasteiger partial charge in [0.05, 0.1) is 16.0 Å². The van der Waals surface area contributed by atoms with E-state index >= 15 is 0 Å². The molecule has 0 radical (unpaired) electrons. The van der Waals surface area contributed by atoms with E-state index in [1.165, 1.54) is 0 Å². The number of H-pyrrole nitrogens is 1. The van der Waals surface area contributed by atoms with Crippen molar-refractivity contribution in [2.24, 2.45) is 0 Å². The maximum atomic E-state index is 11.4. The van der Waals surface area contributed by atoms with Crippen LogP contribution in [0.25, 0.3) is 0 Å². The van der Waals surface area contributed by atoms with Gasteiger partial charge in [0.1, 0.15) is 10.5 Å². The van der Waals surface area contributed by atoms with Crippen LogP contribution in [0.2, 0.25) is 0 Å². The molecule has 4 nitrogen and oxygen atoms in total. The van der Waals surface area contributed by atoms with E-state index in [9.17, 15) is 8.42 Å². The third-order valence-corrected chi connectivity index (χ3v) is 6.11. The first kappa shape index (κ1) is 13.2. The predicted molar refractivity (Wildman–Crippen MR) is 72.5 cm³/mol. The minimum atomic E-state index is -2.89. The molecule has 1 N–H and O–H groups in total. The van der Waals surface area contributed by atoms with Crippen LogP contribution in [0.15, 0.2) is 4.47 Å². The minimum absolute atomic E-state index is 0.0416. The Hall–Kier alpha value is -0.270. The largest absolute Gasteiger partial charge is 0.346 e. The zero-order valence-corrected chi connectivity index (χ0v) is 12.6. The number of aromatic amines is 1. The molecule has 0 bridgehead atoms. The van der Waals surface area contributed by atoms with E-state index in [0.717, 1.165) is 16.6 Å². The van der Waals surface area contributed by atoms with Crippen LogP contribution in [0.4, 0.5) is 0 Å². The van der Waals surface area contributed by atoms with Crippen molar-refractivity contribution in [1.82, 2.24) is 9.97 Å². The molecule has 2 heterocycles. The highest BCUT2D eigenvalue weighted by Crippen LogP contribution is 2.28. The summed E-state index contributed by atoms with van der Waals surface area (Å²) >= 11 is 8.55. The van der Waals surface area contributed by atoms with Gasteiger partial charge in [-0.15, -0.1) is 0 Å². The summed E-state index contributed by atoms with van der Waals surface area (Å²) in [5.41, 5.74) is 0.976. The predicted octanol–water partition coefficient (Wildman–Crippen LogP) is 2.37. The third-order valence-electron chi connectivity index (χ3n) is 2.93. The number of nitrogens with zero attached hydrogens (tertiary/aromatic N) is 1. The standard InChI is InChI=1S/C10H13BrN2O2S2/c1-2-7-8(11)10(16)13-9(12-7)6-3-4-17(14,15)5-6/h6H,2-5H2,1H3,(H,12,13,16). The lowest BCUT2D eigenvalue weighted by Crippen LogP contribution is -2.09. The van der Waals surface area contributed by atoms with E-state index in [4.69, 9.17) is 12.2 Å². The molecule has 94 valence electrons. The molecule has 17 heavy (non-hydrogen) atoms. The lowest BCUT2D eigenvalue weighted by Gasteiger charge is -2.10. The minimum Gasteiger partial charge on any atom is -0.346 e. The number of aryl methyl sites for hydroxylation is 1. The molecule has 1 aliphatic heterocycles. The molecule has 0 saturated carbocycles. The molecule has 1 atom stereocenters. The Morgan fingerprint density at radius 3 is 2.82 bits per heavy atom. The number of hydrogen-bond acceptors (Lipinski definition) is 4. The average molecular weight is 337 g/mol. The highest BCUT2D eigenvalue weighted by molar-refractivity contribution is 9.10. The summed E-state index contributed by atoms with van der Waals surface area (Å²) < 4.78 is 24.2. The van der Waals surface area contributed by atoms with Crippen LogP contribution in [0.3, 0.4) is 0 Å². The van der Waals surface area contributed by atoms with Gasteiger partial charge < -0.3 is 4.98 Å². The van der Waals surface area contributed by atoms with Crippen molar-refractivity contribution in [3.63, 3.8) is 0 Å². The van der Waals surface area contributed by atoms with E-state index < -0.39 is 9.84 Å². The zero-order chi connectivity index (χ0) is 12.6. The van der Waals surface area contributed by atoms with E-state index in [1.807, 2.05) is 6.92 Å². The van der Waals surface area contributed by atoms with Crippen LogP contribution in [0.5, 0.6) is 0 Å². The van der Waals surface area contributed by atoms with Crippen molar-refractivity contribution in [1.29, 1.82) is 0 Å². The van der Waals surface area contributed by atoms with Crippen LogP contribution in [0.1, 0.15) is 30.8 Å². The van der Waals surface area contributed by atoms with Crippen molar-refractivity contribution in [3.05, 3.63) is 20.6 Å². The molecule has 1 aromatic heterocycles. The van der Waals surface area contributed by atoms with E-state index in [0.29, 0.717) is 16.9 Å². The Kier molecular flexibility index (Phi) is 3.70. The van der Waals surface area contributed by atoms with Gasteiger partial charge in [-0.05, 0) is 28.8 Å². The fourth-order valence-electron chi connectivity index (χ4n) is 1.97. The molecule has 7 heteroatoms. The lowest BCUT2D eigenvalue weighted by molar-refractivity contribution is 0.601. The number of aromatic nitrogens is 2. The van der Waals surface area contributed by atoms with Crippen molar-refractivity contribution in [2.75, 3.05) is 11.5 Å². The maximum absolute atomic E-state index is 11.4. The first-order valence-corrected chi connectivity index (χ1v) is 8.44. The first-order valence-electron chi connectivity index (χ1n) is 5.42. The third kappa shape index (κ3) is 2.77. The Bertz CT molecular complexity index is 595. The Balaban J connectivity index is 2.41. The molecule has 1 unspecified atom stereocenters. The summed E-state index contributed by atoms with van der Waals surface area (Å²) in [7, 11) is -2.89. The fraction of sp³-hybridized carbons (Fsp3) is 0.600. The topological polar surface area (TPSA) is 62.8 Å². The second kappa shape index (κ2) is 4.78. The highest BCUT2D eigenvalue weighted by Gasteiger charge is 2.30. The average Bonchev–Trinajstić information content (AvgIpc) is 2.62. The van der Waals surface area contributed by atoms with E-state index in [2.05, 4.69) is 25.9 Å². The SMILES string of the molecule is CCc1[nH]c(C2CCS(=O)(=O)C2)nc(=S)c1Br. The van der Waals surface area contributed by atoms with Crippen LogP contribution in [-0.2, 0) is 16.3 Å². The molecule has 2 rings (SSSR count). The number of hydrogen-bond donors (Lipinski definition) is 1. The van der Waals surface area contributed by atoms with Gasteiger partial charge in [-0.3, -0.25) is 0 Å². The van der Waals surface area contributed by atoms with E-state index in [-0.39, 0.29) is 17.4 Å². The molecule has 0 aromatic carbocycles. The van der Waals surface area contributed by atoms with Gasteiger partial charge >= 0.3 is 0 Å². The van der Waals surface area contributed by atoms with E-state index in [1.54, 1.807) is 0 Å². The normalized spacial score (nSPS) is 22.8. The van der Waals surface area contributed by atoms with Gasteiger partial charge in [0.15, 0.2) is 9.84 Å². The number of halogens is 1. The second-order valence-electron chi connectivity index (χ2n) is 4.17. The molecular formula is C10H13BrN2O2S2. The maximum Gasteiger partial charge on any atom is 0.151 e. The van der Waals surface area contributed by atoms with Gasteiger partial charge in [-0.1, -0.05) is 19.1 Å². The summed E-state index contributed by atoms with van der Waals surface area (Å²) in [4.78, 5) is 7.47. The molecule has 1 fully saturated rings. The number of nitrogens with one attached hydrogen (secondary N) is 1. The van der Waals surface area contributed by atoms with Crippen LogP contribution >= 0.6 is 28.1 Å². The highest BCUT2D eigenvalue weighted by atomic mass is 79.9. The summed E-state index contributed by atoms with van der Waals surface area (Å²) in [6.45, 7) is 2.01. The quantitative estimate of drug-likeness (QED) is 0.842. The van der Waals surface area contributed by atoms with Gasteiger partial charge in [0.2, 0.25) is 0 Å². The van der Waals surface area contributed by atoms with Crippen LogP contribution in [0, 0.1) is 4.64 Å². The molecule has 0 aliphatic carbocycles. The monoisotopic (exact) mass is 336 g/mol. The van der Waals surface area contributed by atoms with Crippen molar-refractivity contribution in [2.45, 2.75) is 25.7 Å². The van der Waals surface area contributed by atoms with Crippen molar-refractivity contribution >= 4 is 38.0 Å². The summed E-state index contributed by atoms with van der Waals surface area (Å²) in [5, 5.41) is 0. The Labute approximate surface area is 114 Å². The zero-order valence-electron chi connectivity index (χ0n) is 9.36. The smallest absolute Gasteiger partial charge is 0.151 e.